The van der Waals surface area contributed by atoms with Crippen LogP contribution in [0.5, 0.6) is 0 Å². The molecular weight excluding hydrogens is 316 g/mol. The molecule has 1 aliphatic carbocycles. The number of hydrogen-bond donors (Lipinski definition) is 1. The SMILES string of the molecule is CCCn1cc(NC(=O)N(C)CCN(C)C2CCCCC2)ccc1=O. The molecule has 1 aromatic heterocycles. The van der Waals surface area contributed by atoms with Crippen molar-refractivity contribution in [3.63, 3.8) is 0 Å². The van der Waals surface area contributed by atoms with Gasteiger partial charge in [-0.15, -0.1) is 0 Å². The molecule has 0 aromatic carbocycles. The molecule has 0 unspecified atom stereocenters. The van der Waals surface area contributed by atoms with Gasteiger partial charge in [0.05, 0.1) is 5.69 Å². The lowest BCUT2D eigenvalue weighted by Gasteiger charge is -2.32. The highest BCUT2D eigenvalue weighted by Gasteiger charge is 2.18. The number of anilines is 1. The maximum Gasteiger partial charge on any atom is 0.321 e. The quantitative estimate of drug-likeness (QED) is 0.824. The van der Waals surface area contributed by atoms with Crippen molar-refractivity contribution in [2.24, 2.45) is 0 Å². The van der Waals surface area contributed by atoms with E-state index in [1.165, 1.54) is 38.2 Å². The van der Waals surface area contributed by atoms with Crippen molar-refractivity contribution < 1.29 is 4.79 Å². The summed E-state index contributed by atoms with van der Waals surface area (Å²) in [6.45, 7) is 4.25. The molecule has 2 amide bonds. The number of aromatic nitrogens is 1. The summed E-state index contributed by atoms with van der Waals surface area (Å²) in [4.78, 5) is 28.2. The molecule has 0 atom stereocenters. The van der Waals surface area contributed by atoms with E-state index in [1.54, 1.807) is 21.7 Å². The van der Waals surface area contributed by atoms with Gasteiger partial charge in [-0.25, -0.2) is 4.79 Å². The Morgan fingerprint density at radius 1 is 1.20 bits per heavy atom. The lowest BCUT2D eigenvalue weighted by Crippen LogP contribution is -2.41. The maximum atomic E-state index is 12.4. The molecule has 1 N–H and O–H groups in total. The van der Waals surface area contributed by atoms with E-state index in [0.717, 1.165) is 13.0 Å². The van der Waals surface area contributed by atoms with Gasteiger partial charge in [0.1, 0.15) is 0 Å². The Hall–Kier alpha value is -1.82. The summed E-state index contributed by atoms with van der Waals surface area (Å²) in [5.74, 6) is 0. The fraction of sp³-hybridized carbons (Fsp3) is 0.684. The number of nitrogens with one attached hydrogen (secondary N) is 1. The smallest absolute Gasteiger partial charge is 0.321 e. The first kappa shape index (κ1) is 19.5. The van der Waals surface area contributed by atoms with E-state index >= 15 is 0 Å². The van der Waals surface area contributed by atoms with Crippen LogP contribution in [0.2, 0.25) is 0 Å². The monoisotopic (exact) mass is 348 g/mol. The highest BCUT2D eigenvalue weighted by atomic mass is 16.2. The van der Waals surface area contributed by atoms with Crippen molar-refractivity contribution in [3.05, 3.63) is 28.7 Å². The van der Waals surface area contributed by atoms with Crippen molar-refractivity contribution in [1.29, 1.82) is 0 Å². The van der Waals surface area contributed by atoms with Gasteiger partial charge in [-0.3, -0.25) is 4.79 Å². The van der Waals surface area contributed by atoms with Gasteiger partial charge in [0.25, 0.3) is 5.56 Å². The fourth-order valence-corrected chi connectivity index (χ4v) is 3.35. The largest absolute Gasteiger partial charge is 0.326 e. The Kier molecular flexibility index (Phi) is 7.50. The molecule has 6 heteroatoms. The minimum absolute atomic E-state index is 0.0395. The summed E-state index contributed by atoms with van der Waals surface area (Å²) in [5, 5.41) is 2.88. The second-order valence-electron chi connectivity index (χ2n) is 7.07. The Morgan fingerprint density at radius 3 is 2.60 bits per heavy atom. The third kappa shape index (κ3) is 5.88. The van der Waals surface area contributed by atoms with Gasteiger partial charge >= 0.3 is 6.03 Å². The van der Waals surface area contributed by atoms with Crippen LogP contribution in [0.4, 0.5) is 10.5 Å². The first-order chi connectivity index (χ1) is 12.0. The summed E-state index contributed by atoms with van der Waals surface area (Å²) in [5.41, 5.74) is 0.618. The predicted molar refractivity (Wildman–Crippen MR) is 102 cm³/mol. The molecule has 0 aliphatic heterocycles. The zero-order valence-electron chi connectivity index (χ0n) is 15.8. The van der Waals surface area contributed by atoms with E-state index in [9.17, 15) is 9.59 Å². The molecule has 1 aromatic rings. The first-order valence-electron chi connectivity index (χ1n) is 9.44. The average molecular weight is 348 g/mol. The molecule has 0 saturated heterocycles. The molecular formula is C19H32N4O2. The number of carbonyl (C=O) groups is 1. The third-order valence-electron chi connectivity index (χ3n) is 5.03. The number of pyridine rings is 1. The van der Waals surface area contributed by atoms with Crippen LogP contribution in [0.1, 0.15) is 45.4 Å². The summed E-state index contributed by atoms with van der Waals surface area (Å²) in [7, 11) is 3.97. The van der Waals surface area contributed by atoms with Crippen molar-refractivity contribution in [1.82, 2.24) is 14.4 Å². The summed E-state index contributed by atoms with van der Waals surface area (Å²) < 4.78 is 1.63. The van der Waals surface area contributed by atoms with Crippen LogP contribution in [0.15, 0.2) is 23.1 Å². The van der Waals surface area contributed by atoms with E-state index < -0.39 is 0 Å². The van der Waals surface area contributed by atoms with E-state index in [2.05, 4.69) is 17.3 Å². The minimum atomic E-state index is -0.140. The first-order valence-corrected chi connectivity index (χ1v) is 9.44. The second-order valence-corrected chi connectivity index (χ2v) is 7.07. The van der Waals surface area contributed by atoms with Gasteiger partial charge in [-0.2, -0.15) is 0 Å². The van der Waals surface area contributed by atoms with Crippen molar-refractivity contribution in [3.8, 4) is 0 Å². The lowest BCUT2D eigenvalue weighted by molar-refractivity contribution is 0.172. The lowest BCUT2D eigenvalue weighted by atomic mass is 9.94. The van der Waals surface area contributed by atoms with Crippen LogP contribution in [0.25, 0.3) is 0 Å². The molecule has 140 valence electrons. The van der Waals surface area contributed by atoms with Crippen molar-refractivity contribution in [2.45, 2.75) is 58.0 Å². The third-order valence-corrected chi connectivity index (χ3v) is 5.03. The van der Waals surface area contributed by atoms with Crippen molar-refractivity contribution in [2.75, 3.05) is 32.5 Å². The molecule has 0 radical (unpaired) electrons. The number of nitrogens with zero attached hydrogens (tertiary/aromatic N) is 3. The van der Waals surface area contributed by atoms with Crippen molar-refractivity contribution >= 4 is 11.7 Å². The highest BCUT2D eigenvalue weighted by Crippen LogP contribution is 2.21. The molecule has 1 aliphatic rings. The van der Waals surface area contributed by atoms with Crippen LogP contribution in [-0.2, 0) is 6.54 Å². The average Bonchev–Trinajstić information content (AvgIpc) is 2.63. The van der Waals surface area contributed by atoms with Gasteiger partial charge in [-0.1, -0.05) is 26.2 Å². The van der Waals surface area contributed by atoms with Gasteiger partial charge < -0.3 is 19.7 Å². The number of rotatable bonds is 7. The maximum absolute atomic E-state index is 12.4. The molecule has 1 saturated carbocycles. The van der Waals surface area contributed by atoms with E-state index in [-0.39, 0.29) is 11.6 Å². The number of amides is 2. The Bertz CT molecular complexity index is 608. The van der Waals surface area contributed by atoms with Gasteiger partial charge in [0.2, 0.25) is 0 Å². The summed E-state index contributed by atoms with van der Waals surface area (Å²) in [6, 6.07) is 3.68. The van der Waals surface area contributed by atoms with Crippen LogP contribution < -0.4 is 10.9 Å². The van der Waals surface area contributed by atoms with Crippen LogP contribution in [-0.4, -0.2) is 53.6 Å². The van der Waals surface area contributed by atoms with Gasteiger partial charge in [0, 0.05) is 45.0 Å². The van der Waals surface area contributed by atoms with Crippen LogP contribution >= 0.6 is 0 Å². The molecule has 2 rings (SSSR count). The highest BCUT2D eigenvalue weighted by molar-refractivity contribution is 5.88. The number of aryl methyl sites for hydroxylation is 1. The van der Waals surface area contributed by atoms with E-state index in [4.69, 9.17) is 0 Å². The summed E-state index contributed by atoms with van der Waals surface area (Å²) >= 11 is 0. The summed E-state index contributed by atoms with van der Waals surface area (Å²) in [6.07, 6.45) is 9.12. The van der Waals surface area contributed by atoms with Gasteiger partial charge in [-0.05, 0) is 32.4 Å². The van der Waals surface area contributed by atoms with Crippen LogP contribution in [0, 0.1) is 0 Å². The Labute approximate surface area is 150 Å². The standard InChI is InChI=1S/C19H32N4O2/c1-4-12-23-15-16(10-11-18(23)24)20-19(25)22(3)14-13-21(2)17-8-6-5-7-9-17/h10-11,15,17H,4-9,12-14H2,1-3H3,(H,20,25). The predicted octanol–water partition coefficient (Wildman–Crippen LogP) is 2.99. The zero-order chi connectivity index (χ0) is 18.2. The van der Waals surface area contributed by atoms with E-state index in [1.807, 2.05) is 14.0 Å². The topological polar surface area (TPSA) is 57.6 Å². The normalized spacial score (nSPS) is 15.4. The molecule has 0 spiro atoms. The number of carbonyl (C=O) groups excluding carboxylic acids is 1. The molecule has 0 bridgehead atoms. The molecule has 6 nitrogen and oxygen atoms in total. The number of hydrogen-bond acceptors (Lipinski definition) is 3. The zero-order valence-corrected chi connectivity index (χ0v) is 15.8. The number of likely N-dealkylation sites (N-methyl/N-ethyl adjacent to an activating group) is 2. The molecule has 25 heavy (non-hydrogen) atoms. The van der Waals surface area contributed by atoms with Gasteiger partial charge in [0.15, 0.2) is 0 Å². The van der Waals surface area contributed by atoms with Crippen LogP contribution in [0.3, 0.4) is 0 Å². The molecule has 1 fully saturated rings. The Morgan fingerprint density at radius 2 is 1.92 bits per heavy atom. The van der Waals surface area contributed by atoms with E-state index in [0.29, 0.717) is 24.8 Å². The second kappa shape index (κ2) is 9.61. The fourth-order valence-electron chi connectivity index (χ4n) is 3.35. The minimum Gasteiger partial charge on any atom is -0.326 e. The number of urea groups is 1. The molecule has 1 heterocycles. The Balaban J connectivity index is 1.83.